The molecule has 0 spiro atoms. The molecule has 1 N–H and O–H groups in total. The van der Waals surface area contributed by atoms with Gasteiger partial charge in [0.05, 0.1) is 0 Å². The molecule has 2 aromatic carbocycles. The van der Waals surface area contributed by atoms with Crippen LogP contribution in [0.25, 0.3) is 0 Å². The molecule has 0 aliphatic carbocycles. The van der Waals surface area contributed by atoms with Crippen LogP contribution in [0.2, 0.25) is 0 Å². The van der Waals surface area contributed by atoms with Gasteiger partial charge < -0.3 is 5.32 Å². The van der Waals surface area contributed by atoms with Gasteiger partial charge in [0, 0.05) is 21.2 Å². The Morgan fingerprint density at radius 3 is 2.40 bits per heavy atom. The van der Waals surface area contributed by atoms with Crippen molar-refractivity contribution in [2.45, 2.75) is 10.9 Å². The third-order valence-corrected chi connectivity index (χ3v) is 4.56. The number of thioether (sulfide) groups is 1. The number of nitrogens with one attached hydrogen (secondary N) is 1. The predicted molar refractivity (Wildman–Crippen MR) is 83.0 cm³/mol. The quantitative estimate of drug-likeness (QED) is 0.772. The number of hydrogen-bond donors (Lipinski definition) is 1. The third kappa shape index (κ3) is 4.04. The zero-order valence-corrected chi connectivity index (χ0v) is 13.3. The van der Waals surface area contributed by atoms with Crippen molar-refractivity contribution in [3.63, 3.8) is 0 Å². The standard InChI is InChI=1S/C15H14BrF2NS/c1-19-15(10-2-7-13(17)14(18)8-10)9-20-12-5-3-11(16)4-6-12/h2-8,15,19H,9H2,1H3. The van der Waals surface area contributed by atoms with Crippen molar-refractivity contribution < 1.29 is 8.78 Å². The first-order valence-electron chi connectivity index (χ1n) is 6.10. The Balaban J connectivity index is 2.05. The maximum Gasteiger partial charge on any atom is 0.159 e. The van der Waals surface area contributed by atoms with Gasteiger partial charge in [0.2, 0.25) is 0 Å². The van der Waals surface area contributed by atoms with E-state index in [1.807, 2.05) is 31.3 Å². The third-order valence-electron chi connectivity index (χ3n) is 2.92. The van der Waals surface area contributed by atoms with Crippen molar-refractivity contribution in [2.24, 2.45) is 0 Å². The summed E-state index contributed by atoms with van der Waals surface area (Å²) in [4.78, 5) is 1.14. The van der Waals surface area contributed by atoms with Crippen molar-refractivity contribution in [1.82, 2.24) is 5.32 Å². The molecule has 2 aromatic rings. The molecule has 106 valence electrons. The Labute approximate surface area is 129 Å². The van der Waals surface area contributed by atoms with Gasteiger partial charge >= 0.3 is 0 Å². The van der Waals surface area contributed by atoms with E-state index in [9.17, 15) is 8.78 Å². The molecular formula is C15H14BrF2NS. The van der Waals surface area contributed by atoms with Crippen molar-refractivity contribution >= 4 is 27.7 Å². The Kier molecular flexibility index (Phi) is 5.57. The monoisotopic (exact) mass is 357 g/mol. The highest BCUT2D eigenvalue weighted by Gasteiger charge is 2.12. The van der Waals surface area contributed by atoms with Gasteiger partial charge in [-0.15, -0.1) is 11.8 Å². The maximum atomic E-state index is 13.3. The van der Waals surface area contributed by atoms with E-state index in [2.05, 4.69) is 21.2 Å². The first-order chi connectivity index (χ1) is 9.60. The van der Waals surface area contributed by atoms with Crippen LogP contribution in [0.4, 0.5) is 8.78 Å². The van der Waals surface area contributed by atoms with Crippen molar-refractivity contribution in [3.05, 3.63) is 64.1 Å². The van der Waals surface area contributed by atoms with Crippen molar-refractivity contribution in [2.75, 3.05) is 12.8 Å². The summed E-state index contributed by atoms with van der Waals surface area (Å²) < 4.78 is 27.3. The average molecular weight is 358 g/mol. The molecule has 20 heavy (non-hydrogen) atoms. The van der Waals surface area contributed by atoms with Crippen molar-refractivity contribution in [1.29, 1.82) is 0 Å². The van der Waals surface area contributed by atoms with Crippen LogP contribution in [-0.2, 0) is 0 Å². The summed E-state index contributed by atoms with van der Waals surface area (Å²) >= 11 is 5.06. The summed E-state index contributed by atoms with van der Waals surface area (Å²) in [5.74, 6) is -0.885. The number of benzene rings is 2. The average Bonchev–Trinajstić information content (AvgIpc) is 2.45. The summed E-state index contributed by atoms with van der Waals surface area (Å²) in [5, 5.41) is 3.13. The lowest BCUT2D eigenvalue weighted by Crippen LogP contribution is -2.19. The van der Waals surface area contributed by atoms with Gasteiger partial charge in [-0.05, 0) is 49.0 Å². The van der Waals surface area contributed by atoms with Gasteiger partial charge in [-0.2, -0.15) is 0 Å². The molecule has 0 aliphatic heterocycles. The topological polar surface area (TPSA) is 12.0 Å². The molecule has 0 bridgehead atoms. The highest BCUT2D eigenvalue weighted by molar-refractivity contribution is 9.10. The van der Waals surface area contributed by atoms with E-state index in [4.69, 9.17) is 0 Å². The molecule has 0 saturated carbocycles. The molecule has 0 heterocycles. The molecule has 1 nitrogen and oxygen atoms in total. The van der Waals surface area contributed by atoms with Crippen LogP contribution in [0.5, 0.6) is 0 Å². The van der Waals surface area contributed by atoms with Crippen molar-refractivity contribution in [3.8, 4) is 0 Å². The second-order valence-electron chi connectivity index (χ2n) is 4.28. The van der Waals surface area contributed by atoms with Crippen LogP contribution in [0.15, 0.2) is 51.8 Å². The number of halogens is 3. The van der Waals surface area contributed by atoms with E-state index in [0.717, 1.165) is 20.7 Å². The Bertz CT molecular complexity index is 575. The highest BCUT2D eigenvalue weighted by atomic mass is 79.9. The molecule has 0 aromatic heterocycles. The van der Waals surface area contributed by atoms with Gasteiger partial charge in [0.25, 0.3) is 0 Å². The zero-order valence-electron chi connectivity index (χ0n) is 10.9. The van der Waals surface area contributed by atoms with E-state index in [1.54, 1.807) is 17.8 Å². The van der Waals surface area contributed by atoms with Gasteiger partial charge in [0.1, 0.15) is 0 Å². The molecule has 1 unspecified atom stereocenters. The fourth-order valence-electron chi connectivity index (χ4n) is 1.79. The lowest BCUT2D eigenvalue weighted by molar-refractivity contribution is 0.504. The molecule has 0 radical (unpaired) electrons. The van der Waals surface area contributed by atoms with Crippen LogP contribution < -0.4 is 5.32 Å². The summed E-state index contributed by atoms with van der Waals surface area (Å²) in [6.45, 7) is 0. The molecule has 0 aliphatic rings. The van der Waals surface area contributed by atoms with Crippen LogP contribution in [0.1, 0.15) is 11.6 Å². The molecule has 2 rings (SSSR count). The van der Waals surface area contributed by atoms with Gasteiger partial charge in [0.15, 0.2) is 11.6 Å². The van der Waals surface area contributed by atoms with Gasteiger partial charge in [-0.25, -0.2) is 8.78 Å². The molecule has 0 amide bonds. The lowest BCUT2D eigenvalue weighted by Gasteiger charge is -2.16. The maximum absolute atomic E-state index is 13.3. The summed E-state index contributed by atoms with van der Waals surface area (Å²) in [7, 11) is 1.81. The Hall–Kier alpha value is -0.910. The molecule has 0 fully saturated rings. The molecule has 1 atom stereocenters. The van der Waals surface area contributed by atoms with E-state index in [0.29, 0.717) is 0 Å². The molecule has 5 heteroatoms. The Morgan fingerprint density at radius 2 is 1.80 bits per heavy atom. The van der Waals surface area contributed by atoms with E-state index in [1.165, 1.54) is 12.1 Å². The lowest BCUT2D eigenvalue weighted by atomic mass is 10.1. The normalized spacial score (nSPS) is 12.4. The molecular weight excluding hydrogens is 344 g/mol. The van der Waals surface area contributed by atoms with Gasteiger partial charge in [-0.1, -0.05) is 22.0 Å². The van der Waals surface area contributed by atoms with Crippen LogP contribution >= 0.6 is 27.7 Å². The second-order valence-corrected chi connectivity index (χ2v) is 6.29. The van der Waals surface area contributed by atoms with E-state index in [-0.39, 0.29) is 6.04 Å². The molecule has 0 saturated heterocycles. The number of hydrogen-bond acceptors (Lipinski definition) is 2. The first-order valence-corrected chi connectivity index (χ1v) is 7.88. The minimum absolute atomic E-state index is 0.0289. The van der Waals surface area contributed by atoms with Gasteiger partial charge in [-0.3, -0.25) is 0 Å². The summed E-state index contributed by atoms with van der Waals surface area (Å²) in [5.41, 5.74) is 0.746. The van der Waals surface area contributed by atoms with Crippen LogP contribution in [0.3, 0.4) is 0 Å². The zero-order chi connectivity index (χ0) is 14.5. The number of rotatable bonds is 5. The van der Waals surface area contributed by atoms with Crippen LogP contribution in [-0.4, -0.2) is 12.8 Å². The van der Waals surface area contributed by atoms with E-state index >= 15 is 0 Å². The Morgan fingerprint density at radius 1 is 1.10 bits per heavy atom. The smallest absolute Gasteiger partial charge is 0.159 e. The van der Waals surface area contributed by atoms with E-state index < -0.39 is 11.6 Å². The minimum Gasteiger partial charge on any atom is -0.312 e. The summed E-state index contributed by atoms with van der Waals surface area (Å²) in [6.07, 6.45) is 0. The summed E-state index contributed by atoms with van der Waals surface area (Å²) in [6, 6.07) is 12.0. The fourth-order valence-corrected chi connectivity index (χ4v) is 3.10. The minimum atomic E-state index is -0.816. The SMILES string of the molecule is CNC(CSc1ccc(Br)cc1)c1ccc(F)c(F)c1. The van der Waals surface area contributed by atoms with Crippen LogP contribution in [0, 0.1) is 11.6 Å². The first kappa shape index (κ1) is 15.5. The highest BCUT2D eigenvalue weighted by Crippen LogP contribution is 2.26. The largest absolute Gasteiger partial charge is 0.312 e. The second kappa shape index (κ2) is 7.20. The fraction of sp³-hybridized carbons (Fsp3) is 0.200. The predicted octanol–water partition coefficient (Wildman–Crippen LogP) is 4.78.